The second-order valence-corrected chi connectivity index (χ2v) is 4.20. The maximum Gasteiger partial charge on any atom is 0.226 e. The summed E-state index contributed by atoms with van der Waals surface area (Å²) in [5.41, 5.74) is 0.719. The first-order valence-electron chi connectivity index (χ1n) is 6.27. The molecule has 5 heteroatoms. The van der Waals surface area contributed by atoms with Crippen LogP contribution < -0.4 is 19.7 Å². The van der Waals surface area contributed by atoms with Crippen LogP contribution in [0.25, 0.3) is 0 Å². The van der Waals surface area contributed by atoms with Crippen LogP contribution in [0, 0.1) is 0 Å². The van der Waals surface area contributed by atoms with Crippen LogP contribution in [0.4, 0.5) is 5.69 Å². The van der Waals surface area contributed by atoms with Gasteiger partial charge in [0.05, 0.1) is 19.9 Å². The molecule has 0 radical (unpaired) electrons. The SMILES string of the molecule is CNCCCC(=O)N(C)c1cc(OC)ccc1OC. The first kappa shape index (κ1) is 15.3. The van der Waals surface area contributed by atoms with E-state index in [2.05, 4.69) is 5.32 Å². The van der Waals surface area contributed by atoms with Crippen LogP contribution >= 0.6 is 0 Å². The van der Waals surface area contributed by atoms with Gasteiger partial charge >= 0.3 is 0 Å². The number of hydrogen-bond donors (Lipinski definition) is 1. The topological polar surface area (TPSA) is 50.8 Å². The van der Waals surface area contributed by atoms with E-state index in [4.69, 9.17) is 9.47 Å². The van der Waals surface area contributed by atoms with E-state index in [1.165, 1.54) is 0 Å². The summed E-state index contributed by atoms with van der Waals surface area (Å²) in [6.07, 6.45) is 1.31. The number of hydrogen-bond acceptors (Lipinski definition) is 4. The molecule has 1 amide bonds. The number of nitrogens with zero attached hydrogens (tertiary/aromatic N) is 1. The summed E-state index contributed by atoms with van der Waals surface area (Å²) in [6.45, 7) is 0.828. The highest BCUT2D eigenvalue weighted by molar-refractivity contribution is 5.94. The van der Waals surface area contributed by atoms with Gasteiger partial charge in [-0.3, -0.25) is 4.79 Å². The second kappa shape index (κ2) is 7.63. The van der Waals surface area contributed by atoms with Gasteiger partial charge in [0.25, 0.3) is 0 Å². The molecule has 0 saturated heterocycles. The molecule has 0 spiro atoms. The van der Waals surface area contributed by atoms with E-state index in [0.717, 1.165) is 18.7 Å². The third-order valence-electron chi connectivity index (χ3n) is 2.94. The van der Waals surface area contributed by atoms with Gasteiger partial charge in [-0.15, -0.1) is 0 Å². The Labute approximate surface area is 114 Å². The van der Waals surface area contributed by atoms with Gasteiger partial charge in [0, 0.05) is 19.5 Å². The van der Waals surface area contributed by atoms with Crippen LogP contribution in [-0.2, 0) is 4.79 Å². The van der Waals surface area contributed by atoms with E-state index in [-0.39, 0.29) is 5.91 Å². The number of methoxy groups -OCH3 is 2. The van der Waals surface area contributed by atoms with Gasteiger partial charge in [0.1, 0.15) is 11.5 Å². The van der Waals surface area contributed by atoms with Crippen molar-refractivity contribution in [1.29, 1.82) is 0 Å². The number of rotatable bonds is 7. The van der Waals surface area contributed by atoms with Crippen LogP contribution in [0.2, 0.25) is 0 Å². The summed E-state index contributed by atoms with van der Waals surface area (Å²) in [7, 11) is 6.81. The van der Waals surface area contributed by atoms with E-state index in [1.807, 2.05) is 13.1 Å². The number of carbonyl (C=O) groups excluding carboxylic acids is 1. The number of anilines is 1. The van der Waals surface area contributed by atoms with E-state index < -0.39 is 0 Å². The molecule has 0 aliphatic rings. The number of benzene rings is 1. The summed E-state index contributed by atoms with van der Waals surface area (Å²) in [4.78, 5) is 13.7. The molecule has 0 heterocycles. The van der Waals surface area contributed by atoms with E-state index >= 15 is 0 Å². The molecule has 0 aromatic heterocycles. The normalized spacial score (nSPS) is 10.1. The molecule has 1 rings (SSSR count). The molecule has 0 unspecified atom stereocenters. The predicted molar refractivity (Wildman–Crippen MR) is 76.1 cm³/mol. The number of amides is 1. The molecule has 0 saturated carbocycles. The quantitative estimate of drug-likeness (QED) is 0.763. The highest BCUT2D eigenvalue weighted by atomic mass is 16.5. The number of carbonyl (C=O) groups is 1. The Hall–Kier alpha value is -1.75. The van der Waals surface area contributed by atoms with Crippen molar-refractivity contribution < 1.29 is 14.3 Å². The Morgan fingerprint density at radius 2 is 2.05 bits per heavy atom. The maximum atomic E-state index is 12.1. The zero-order chi connectivity index (χ0) is 14.3. The minimum absolute atomic E-state index is 0.0572. The average Bonchev–Trinajstić information content (AvgIpc) is 2.45. The average molecular weight is 266 g/mol. The first-order valence-corrected chi connectivity index (χ1v) is 6.27. The minimum Gasteiger partial charge on any atom is -0.497 e. The standard InChI is InChI=1S/C14H22N2O3/c1-15-9-5-6-14(17)16(2)12-10-11(18-3)7-8-13(12)19-4/h7-8,10,15H,5-6,9H2,1-4H3. The first-order chi connectivity index (χ1) is 9.13. The molecule has 1 aromatic rings. The smallest absolute Gasteiger partial charge is 0.226 e. The summed E-state index contributed by atoms with van der Waals surface area (Å²) in [5, 5.41) is 3.03. The summed E-state index contributed by atoms with van der Waals surface area (Å²) < 4.78 is 10.5. The monoisotopic (exact) mass is 266 g/mol. The van der Waals surface area contributed by atoms with Gasteiger partial charge in [-0.1, -0.05) is 0 Å². The predicted octanol–water partition coefficient (Wildman–Crippen LogP) is 1.67. The third-order valence-corrected chi connectivity index (χ3v) is 2.94. The van der Waals surface area contributed by atoms with Crippen molar-refractivity contribution in [3.05, 3.63) is 18.2 Å². The molecule has 1 N–H and O–H groups in total. The highest BCUT2D eigenvalue weighted by Gasteiger charge is 2.15. The molecular weight excluding hydrogens is 244 g/mol. The Kier molecular flexibility index (Phi) is 6.15. The van der Waals surface area contributed by atoms with E-state index in [9.17, 15) is 4.79 Å². The second-order valence-electron chi connectivity index (χ2n) is 4.20. The summed E-state index contributed by atoms with van der Waals surface area (Å²) >= 11 is 0. The van der Waals surface area contributed by atoms with Crippen molar-refractivity contribution in [1.82, 2.24) is 5.32 Å². The Balaban J connectivity index is 2.84. The molecule has 19 heavy (non-hydrogen) atoms. The van der Waals surface area contributed by atoms with Crippen LogP contribution in [0.5, 0.6) is 11.5 Å². The lowest BCUT2D eigenvalue weighted by molar-refractivity contribution is -0.118. The lowest BCUT2D eigenvalue weighted by atomic mass is 10.2. The molecule has 0 aliphatic heterocycles. The van der Waals surface area contributed by atoms with E-state index in [1.54, 1.807) is 38.3 Å². The summed E-state index contributed by atoms with van der Waals surface area (Å²) in [6, 6.07) is 5.40. The molecule has 5 nitrogen and oxygen atoms in total. The molecule has 1 aromatic carbocycles. The molecule has 0 aliphatic carbocycles. The fourth-order valence-electron chi connectivity index (χ4n) is 1.78. The lowest BCUT2D eigenvalue weighted by Gasteiger charge is -2.20. The summed E-state index contributed by atoms with van der Waals surface area (Å²) in [5.74, 6) is 1.41. The lowest BCUT2D eigenvalue weighted by Crippen LogP contribution is -2.27. The number of nitrogens with one attached hydrogen (secondary N) is 1. The van der Waals surface area contributed by atoms with Gasteiger partial charge < -0.3 is 19.7 Å². The van der Waals surface area contributed by atoms with E-state index in [0.29, 0.717) is 17.9 Å². The maximum absolute atomic E-state index is 12.1. The number of ether oxygens (including phenoxy) is 2. The van der Waals surface area contributed by atoms with Crippen molar-refractivity contribution in [2.75, 3.05) is 39.8 Å². The van der Waals surface area contributed by atoms with Crippen LogP contribution in [0.3, 0.4) is 0 Å². The minimum atomic E-state index is 0.0572. The van der Waals surface area contributed by atoms with Crippen LogP contribution in [-0.4, -0.2) is 40.8 Å². The molecule has 0 bridgehead atoms. The fourth-order valence-corrected chi connectivity index (χ4v) is 1.78. The van der Waals surface area contributed by atoms with Crippen LogP contribution in [0.1, 0.15) is 12.8 Å². The molecule has 106 valence electrons. The zero-order valence-electron chi connectivity index (χ0n) is 12.0. The molecular formula is C14H22N2O3. The zero-order valence-corrected chi connectivity index (χ0v) is 12.0. The van der Waals surface area contributed by atoms with Crippen molar-refractivity contribution in [3.8, 4) is 11.5 Å². The molecule has 0 fully saturated rings. The third kappa shape index (κ3) is 4.13. The largest absolute Gasteiger partial charge is 0.497 e. The Morgan fingerprint density at radius 1 is 1.32 bits per heavy atom. The van der Waals surface area contributed by atoms with Crippen molar-refractivity contribution in [2.24, 2.45) is 0 Å². The highest BCUT2D eigenvalue weighted by Crippen LogP contribution is 2.31. The molecule has 0 atom stereocenters. The van der Waals surface area contributed by atoms with Gasteiger partial charge in [0.15, 0.2) is 0 Å². The van der Waals surface area contributed by atoms with Gasteiger partial charge in [0.2, 0.25) is 5.91 Å². The van der Waals surface area contributed by atoms with Gasteiger partial charge in [-0.05, 0) is 32.1 Å². The van der Waals surface area contributed by atoms with Gasteiger partial charge in [-0.25, -0.2) is 0 Å². The van der Waals surface area contributed by atoms with Crippen molar-refractivity contribution in [3.63, 3.8) is 0 Å². The van der Waals surface area contributed by atoms with Crippen molar-refractivity contribution >= 4 is 11.6 Å². The Bertz CT molecular complexity index is 421. The van der Waals surface area contributed by atoms with Gasteiger partial charge in [-0.2, -0.15) is 0 Å². The Morgan fingerprint density at radius 3 is 2.63 bits per heavy atom. The fraction of sp³-hybridized carbons (Fsp3) is 0.500. The van der Waals surface area contributed by atoms with Crippen LogP contribution in [0.15, 0.2) is 18.2 Å². The van der Waals surface area contributed by atoms with Crippen molar-refractivity contribution in [2.45, 2.75) is 12.8 Å².